The molecule has 0 amide bonds. The van der Waals surface area contributed by atoms with Crippen LogP contribution in [0.4, 0.5) is 5.69 Å². The molecule has 1 aromatic rings. The van der Waals surface area contributed by atoms with Crippen molar-refractivity contribution < 1.29 is 4.74 Å². The minimum Gasteiger partial charge on any atom is -0.379 e. The normalized spacial score (nSPS) is 28.6. The van der Waals surface area contributed by atoms with Crippen molar-refractivity contribution in [3.63, 3.8) is 0 Å². The van der Waals surface area contributed by atoms with Gasteiger partial charge in [-0.15, -0.1) is 0 Å². The number of ether oxygens (including phenoxy) is 1. The Bertz CT molecular complexity index is 561. The van der Waals surface area contributed by atoms with Gasteiger partial charge in [0.15, 0.2) is 0 Å². The number of hydrogen-bond donors (Lipinski definition) is 0. The number of piperidine rings is 2. The van der Waals surface area contributed by atoms with E-state index in [1.807, 2.05) is 0 Å². The molecule has 0 N–H and O–H groups in total. The third-order valence-electron chi connectivity index (χ3n) is 6.33. The summed E-state index contributed by atoms with van der Waals surface area (Å²) in [7, 11) is 0. The fourth-order valence-electron chi connectivity index (χ4n) is 4.62. The van der Waals surface area contributed by atoms with Crippen molar-refractivity contribution in [2.45, 2.75) is 51.0 Å². The van der Waals surface area contributed by atoms with Gasteiger partial charge in [0.1, 0.15) is 0 Å². The topological polar surface area (TPSA) is 15.7 Å². The molecule has 0 spiro atoms. The molecule has 131 valence electrons. The van der Waals surface area contributed by atoms with Crippen molar-refractivity contribution in [1.29, 1.82) is 0 Å². The van der Waals surface area contributed by atoms with Crippen LogP contribution in [-0.4, -0.2) is 50.3 Å². The highest BCUT2D eigenvalue weighted by Gasteiger charge is 2.35. The van der Waals surface area contributed by atoms with Crippen molar-refractivity contribution in [3.05, 3.63) is 29.8 Å². The van der Waals surface area contributed by atoms with Gasteiger partial charge in [0.05, 0.1) is 13.2 Å². The first-order valence-corrected chi connectivity index (χ1v) is 9.73. The van der Waals surface area contributed by atoms with E-state index in [0.717, 1.165) is 25.2 Å². The average molecular weight is 327 g/mol. The zero-order chi connectivity index (χ0) is 16.6. The lowest BCUT2D eigenvalue weighted by atomic mass is 9.80. The first kappa shape index (κ1) is 16.4. The molecule has 0 bridgehead atoms. The molecule has 1 atom stereocenters. The van der Waals surface area contributed by atoms with E-state index in [0.29, 0.717) is 0 Å². The van der Waals surface area contributed by atoms with Crippen molar-refractivity contribution in [2.75, 3.05) is 44.3 Å². The molecule has 0 aliphatic carbocycles. The summed E-state index contributed by atoms with van der Waals surface area (Å²) in [6.07, 6.45) is 5.40. The SMILES string of the molecule is CC1CCCN(C2CCN(c3[c]ccc(C4(C)COC4)c3)CC2)C1. The zero-order valence-electron chi connectivity index (χ0n) is 15.3. The summed E-state index contributed by atoms with van der Waals surface area (Å²) in [6.45, 7) is 11.4. The second-order valence-electron chi connectivity index (χ2n) is 8.48. The van der Waals surface area contributed by atoms with Crippen LogP contribution in [0.5, 0.6) is 0 Å². The van der Waals surface area contributed by atoms with Gasteiger partial charge in [-0.3, -0.25) is 4.90 Å². The van der Waals surface area contributed by atoms with Crippen LogP contribution in [0, 0.1) is 12.0 Å². The largest absolute Gasteiger partial charge is 0.379 e. The zero-order valence-corrected chi connectivity index (χ0v) is 15.3. The molecule has 3 aliphatic rings. The summed E-state index contributed by atoms with van der Waals surface area (Å²) in [5, 5.41) is 0. The minimum atomic E-state index is 0.214. The molecule has 0 aromatic heterocycles. The molecule has 24 heavy (non-hydrogen) atoms. The molecule has 3 fully saturated rings. The Morgan fingerprint density at radius 3 is 2.62 bits per heavy atom. The number of likely N-dealkylation sites (tertiary alicyclic amines) is 1. The predicted octanol–water partition coefficient (Wildman–Crippen LogP) is 3.48. The van der Waals surface area contributed by atoms with E-state index < -0.39 is 0 Å². The Hall–Kier alpha value is -1.06. The van der Waals surface area contributed by atoms with Crippen LogP contribution < -0.4 is 4.90 Å². The number of benzene rings is 1. The first-order chi connectivity index (χ1) is 11.6. The molecule has 0 saturated carbocycles. The van der Waals surface area contributed by atoms with E-state index in [9.17, 15) is 0 Å². The van der Waals surface area contributed by atoms with E-state index in [2.05, 4.69) is 47.9 Å². The quantitative estimate of drug-likeness (QED) is 0.845. The number of nitrogens with zero attached hydrogens (tertiary/aromatic N) is 2. The third kappa shape index (κ3) is 3.21. The monoisotopic (exact) mass is 327 g/mol. The van der Waals surface area contributed by atoms with Gasteiger partial charge in [0, 0.05) is 42.8 Å². The summed E-state index contributed by atoms with van der Waals surface area (Å²) >= 11 is 0. The average Bonchev–Trinajstić information content (AvgIpc) is 2.60. The third-order valence-corrected chi connectivity index (χ3v) is 6.33. The van der Waals surface area contributed by atoms with Crippen LogP contribution in [0.25, 0.3) is 0 Å². The Morgan fingerprint density at radius 2 is 1.96 bits per heavy atom. The molecule has 3 aliphatic heterocycles. The summed E-state index contributed by atoms with van der Waals surface area (Å²) in [6, 6.07) is 10.9. The fraction of sp³-hybridized carbons (Fsp3) is 0.714. The van der Waals surface area contributed by atoms with Crippen LogP contribution in [0.3, 0.4) is 0 Å². The van der Waals surface area contributed by atoms with Crippen LogP contribution in [0.15, 0.2) is 18.2 Å². The Labute approximate surface area is 147 Å². The van der Waals surface area contributed by atoms with Crippen LogP contribution in [-0.2, 0) is 10.2 Å². The van der Waals surface area contributed by atoms with Gasteiger partial charge in [-0.2, -0.15) is 0 Å². The van der Waals surface area contributed by atoms with Gasteiger partial charge >= 0.3 is 0 Å². The van der Waals surface area contributed by atoms with Crippen LogP contribution in [0.1, 0.15) is 45.1 Å². The van der Waals surface area contributed by atoms with Crippen molar-refractivity contribution in [3.8, 4) is 0 Å². The van der Waals surface area contributed by atoms with E-state index >= 15 is 0 Å². The second-order valence-corrected chi connectivity index (χ2v) is 8.48. The molecular formula is C21H31N2O. The van der Waals surface area contributed by atoms with E-state index in [4.69, 9.17) is 4.74 Å². The van der Waals surface area contributed by atoms with E-state index in [-0.39, 0.29) is 5.41 Å². The summed E-state index contributed by atoms with van der Waals surface area (Å²) in [4.78, 5) is 5.30. The summed E-state index contributed by atoms with van der Waals surface area (Å²) in [5.74, 6) is 0.882. The maximum atomic E-state index is 5.44. The molecule has 3 heterocycles. The number of rotatable bonds is 3. The van der Waals surface area contributed by atoms with Gasteiger partial charge in [0.25, 0.3) is 0 Å². The highest BCUT2D eigenvalue weighted by molar-refractivity contribution is 5.50. The molecule has 3 saturated heterocycles. The maximum Gasteiger partial charge on any atom is 0.0582 e. The summed E-state index contributed by atoms with van der Waals surface area (Å²) < 4.78 is 5.44. The molecule has 1 unspecified atom stereocenters. The van der Waals surface area contributed by atoms with Gasteiger partial charge in [-0.25, -0.2) is 0 Å². The van der Waals surface area contributed by atoms with E-state index in [1.165, 1.54) is 63.1 Å². The predicted molar refractivity (Wildman–Crippen MR) is 98.7 cm³/mol. The molecule has 3 heteroatoms. The second kappa shape index (κ2) is 6.68. The van der Waals surface area contributed by atoms with Gasteiger partial charge < -0.3 is 9.64 Å². The molecule has 1 radical (unpaired) electrons. The number of anilines is 1. The Balaban J connectivity index is 1.38. The minimum absolute atomic E-state index is 0.214. The molecular weight excluding hydrogens is 296 g/mol. The first-order valence-electron chi connectivity index (χ1n) is 9.73. The van der Waals surface area contributed by atoms with Crippen LogP contribution in [0.2, 0.25) is 0 Å². The lowest BCUT2D eigenvalue weighted by molar-refractivity contribution is -0.0499. The Morgan fingerprint density at radius 1 is 1.17 bits per heavy atom. The summed E-state index contributed by atoms with van der Waals surface area (Å²) in [5.41, 5.74) is 2.91. The van der Waals surface area contributed by atoms with Crippen molar-refractivity contribution in [1.82, 2.24) is 4.90 Å². The Kier molecular flexibility index (Phi) is 4.57. The standard InChI is InChI=1S/C21H31N2O/c1-17-5-4-10-23(14-17)19-8-11-22(12-9-19)20-7-3-6-18(13-20)21(2)15-24-16-21/h3,6,13,17,19H,4-5,8-12,14-16H2,1-2H3. The fourth-order valence-corrected chi connectivity index (χ4v) is 4.62. The number of hydrogen-bond acceptors (Lipinski definition) is 3. The van der Waals surface area contributed by atoms with Crippen LogP contribution >= 0.6 is 0 Å². The highest BCUT2D eigenvalue weighted by Crippen LogP contribution is 2.34. The lowest BCUT2D eigenvalue weighted by Gasteiger charge is -2.43. The van der Waals surface area contributed by atoms with Gasteiger partial charge in [0.2, 0.25) is 0 Å². The van der Waals surface area contributed by atoms with Gasteiger partial charge in [-0.1, -0.05) is 26.0 Å². The molecule has 3 nitrogen and oxygen atoms in total. The van der Waals surface area contributed by atoms with E-state index in [1.54, 1.807) is 0 Å². The van der Waals surface area contributed by atoms with Crippen molar-refractivity contribution >= 4 is 5.69 Å². The molecule has 4 rings (SSSR count). The van der Waals surface area contributed by atoms with Crippen molar-refractivity contribution in [2.24, 2.45) is 5.92 Å². The highest BCUT2D eigenvalue weighted by atomic mass is 16.5. The smallest absolute Gasteiger partial charge is 0.0582 e. The maximum absolute atomic E-state index is 5.44. The molecule has 1 aromatic carbocycles. The van der Waals surface area contributed by atoms with Gasteiger partial charge in [-0.05, 0) is 49.8 Å². The lowest BCUT2D eigenvalue weighted by Crippen LogP contribution is -2.48.